The summed E-state index contributed by atoms with van der Waals surface area (Å²) >= 11 is 0. The molecule has 0 radical (unpaired) electrons. The monoisotopic (exact) mass is 175 g/mol. The SMILES string of the molecule is C=C.Cc1cccc2c1CNC2=O. The lowest BCUT2D eigenvalue weighted by atomic mass is 10.1. The van der Waals surface area contributed by atoms with E-state index < -0.39 is 0 Å². The van der Waals surface area contributed by atoms with Crippen LogP contribution in [0.5, 0.6) is 0 Å². The van der Waals surface area contributed by atoms with E-state index in [0.717, 1.165) is 11.1 Å². The van der Waals surface area contributed by atoms with E-state index in [1.54, 1.807) is 0 Å². The predicted octanol–water partition coefficient (Wildman–Crippen LogP) is 2.04. The second-order valence-corrected chi connectivity index (χ2v) is 2.78. The molecular formula is C11H13NO. The van der Waals surface area contributed by atoms with E-state index in [-0.39, 0.29) is 5.91 Å². The van der Waals surface area contributed by atoms with Gasteiger partial charge in [-0.1, -0.05) is 12.1 Å². The minimum absolute atomic E-state index is 0.0590. The van der Waals surface area contributed by atoms with E-state index in [9.17, 15) is 4.79 Å². The highest BCUT2D eigenvalue weighted by molar-refractivity contribution is 5.98. The molecule has 68 valence electrons. The van der Waals surface area contributed by atoms with E-state index in [1.165, 1.54) is 5.56 Å². The number of nitrogens with one attached hydrogen (secondary N) is 1. The Labute approximate surface area is 78.3 Å². The highest BCUT2D eigenvalue weighted by atomic mass is 16.1. The van der Waals surface area contributed by atoms with Gasteiger partial charge in [-0.25, -0.2) is 0 Å². The molecule has 0 saturated carbocycles. The molecule has 1 aliphatic rings. The molecule has 0 spiro atoms. The zero-order chi connectivity index (χ0) is 9.84. The normalized spacial score (nSPS) is 12.5. The molecule has 1 amide bonds. The molecular weight excluding hydrogens is 162 g/mol. The molecule has 13 heavy (non-hydrogen) atoms. The van der Waals surface area contributed by atoms with Crippen LogP contribution in [0, 0.1) is 6.92 Å². The maximum absolute atomic E-state index is 11.1. The van der Waals surface area contributed by atoms with Crippen LogP contribution in [0.2, 0.25) is 0 Å². The summed E-state index contributed by atoms with van der Waals surface area (Å²) in [6.07, 6.45) is 0. The largest absolute Gasteiger partial charge is 0.348 e. The Bertz CT molecular complexity index is 331. The highest BCUT2D eigenvalue weighted by Crippen LogP contribution is 2.18. The molecule has 2 heteroatoms. The van der Waals surface area contributed by atoms with E-state index in [2.05, 4.69) is 18.5 Å². The van der Waals surface area contributed by atoms with Crippen LogP contribution in [-0.2, 0) is 6.54 Å². The van der Waals surface area contributed by atoms with Crippen molar-refractivity contribution in [2.45, 2.75) is 13.5 Å². The molecule has 0 unspecified atom stereocenters. The maximum Gasteiger partial charge on any atom is 0.251 e. The zero-order valence-electron chi connectivity index (χ0n) is 7.76. The van der Waals surface area contributed by atoms with Gasteiger partial charge in [0.15, 0.2) is 0 Å². The van der Waals surface area contributed by atoms with Gasteiger partial charge in [0.25, 0.3) is 5.91 Å². The fourth-order valence-electron chi connectivity index (χ4n) is 1.41. The van der Waals surface area contributed by atoms with Gasteiger partial charge in [-0.3, -0.25) is 4.79 Å². The number of benzene rings is 1. The molecule has 0 aromatic heterocycles. The van der Waals surface area contributed by atoms with Gasteiger partial charge in [0.2, 0.25) is 0 Å². The lowest BCUT2D eigenvalue weighted by Crippen LogP contribution is -2.12. The van der Waals surface area contributed by atoms with Gasteiger partial charge in [-0.2, -0.15) is 0 Å². The summed E-state index contributed by atoms with van der Waals surface area (Å²) in [6.45, 7) is 8.72. The first-order valence-electron chi connectivity index (χ1n) is 4.16. The summed E-state index contributed by atoms with van der Waals surface area (Å²) in [7, 11) is 0. The Morgan fingerprint density at radius 3 is 2.69 bits per heavy atom. The molecule has 0 bridgehead atoms. The second kappa shape index (κ2) is 3.90. The molecule has 1 aliphatic heterocycles. The Morgan fingerprint density at radius 2 is 2.08 bits per heavy atom. The van der Waals surface area contributed by atoms with Crippen LogP contribution in [0.3, 0.4) is 0 Å². The van der Waals surface area contributed by atoms with Crippen molar-refractivity contribution in [2.75, 3.05) is 0 Å². The van der Waals surface area contributed by atoms with Gasteiger partial charge in [0.05, 0.1) is 0 Å². The molecule has 1 heterocycles. The molecule has 2 rings (SSSR count). The van der Waals surface area contributed by atoms with Crippen molar-refractivity contribution in [1.29, 1.82) is 0 Å². The Kier molecular flexibility index (Phi) is 2.85. The van der Waals surface area contributed by atoms with Gasteiger partial charge in [-0.15, -0.1) is 13.2 Å². The maximum atomic E-state index is 11.1. The fourth-order valence-corrected chi connectivity index (χ4v) is 1.41. The smallest absolute Gasteiger partial charge is 0.251 e. The number of carbonyl (C=O) groups excluding carboxylic acids is 1. The van der Waals surface area contributed by atoms with Crippen LogP contribution in [0.1, 0.15) is 21.5 Å². The average Bonchev–Trinajstić information content (AvgIpc) is 2.53. The van der Waals surface area contributed by atoms with Crippen molar-refractivity contribution < 1.29 is 4.79 Å². The number of fused-ring (bicyclic) bond motifs is 1. The fraction of sp³-hybridized carbons (Fsp3) is 0.182. The van der Waals surface area contributed by atoms with Gasteiger partial charge >= 0.3 is 0 Å². The van der Waals surface area contributed by atoms with Crippen LogP contribution >= 0.6 is 0 Å². The number of hydrogen-bond donors (Lipinski definition) is 1. The van der Waals surface area contributed by atoms with Gasteiger partial charge < -0.3 is 5.32 Å². The molecule has 0 fully saturated rings. The first-order chi connectivity index (χ1) is 6.29. The van der Waals surface area contributed by atoms with Crippen molar-refractivity contribution in [1.82, 2.24) is 5.32 Å². The molecule has 1 aromatic rings. The van der Waals surface area contributed by atoms with Crippen LogP contribution in [0.4, 0.5) is 0 Å². The van der Waals surface area contributed by atoms with Crippen LogP contribution in [-0.4, -0.2) is 5.91 Å². The van der Waals surface area contributed by atoms with E-state index in [0.29, 0.717) is 6.54 Å². The lowest BCUT2D eigenvalue weighted by molar-refractivity contribution is 0.0966. The third-order valence-electron chi connectivity index (χ3n) is 2.08. The number of amides is 1. The lowest BCUT2D eigenvalue weighted by Gasteiger charge is -1.97. The molecule has 0 atom stereocenters. The standard InChI is InChI=1S/C9H9NO.C2H4/c1-6-3-2-4-7-8(6)5-10-9(7)11;1-2/h2-4H,5H2,1H3,(H,10,11);1-2H2. The summed E-state index contributed by atoms with van der Waals surface area (Å²) < 4.78 is 0. The average molecular weight is 175 g/mol. The quantitative estimate of drug-likeness (QED) is 0.601. The van der Waals surface area contributed by atoms with Gasteiger partial charge in [-0.05, 0) is 24.1 Å². The van der Waals surface area contributed by atoms with E-state index in [1.807, 2.05) is 25.1 Å². The Hall–Kier alpha value is -1.57. The number of carbonyl (C=O) groups is 1. The molecule has 2 nitrogen and oxygen atoms in total. The van der Waals surface area contributed by atoms with Crippen LogP contribution in [0.15, 0.2) is 31.4 Å². The number of hydrogen-bond acceptors (Lipinski definition) is 1. The number of aryl methyl sites for hydroxylation is 1. The van der Waals surface area contributed by atoms with E-state index in [4.69, 9.17) is 0 Å². The predicted molar refractivity (Wildman–Crippen MR) is 53.6 cm³/mol. The van der Waals surface area contributed by atoms with Crippen molar-refractivity contribution in [3.05, 3.63) is 48.0 Å². The minimum Gasteiger partial charge on any atom is -0.348 e. The van der Waals surface area contributed by atoms with E-state index >= 15 is 0 Å². The van der Waals surface area contributed by atoms with Crippen LogP contribution < -0.4 is 5.32 Å². The first kappa shape index (κ1) is 9.52. The second-order valence-electron chi connectivity index (χ2n) is 2.78. The van der Waals surface area contributed by atoms with Crippen LogP contribution in [0.25, 0.3) is 0 Å². The summed E-state index contributed by atoms with van der Waals surface area (Å²) in [6, 6.07) is 5.81. The van der Waals surface area contributed by atoms with Crippen molar-refractivity contribution >= 4 is 5.91 Å². The third kappa shape index (κ3) is 1.61. The van der Waals surface area contributed by atoms with Crippen molar-refractivity contribution in [3.8, 4) is 0 Å². The molecule has 0 aliphatic carbocycles. The zero-order valence-corrected chi connectivity index (χ0v) is 7.76. The summed E-state index contributed by atoms with van der Waals surface area (Å²) in [5.74, 6) is 0.0590. The summed E-state index contributed by atoms with van der Waals surface area (Å²) in [5.41, 5.74) is 3.18. The Balaban J connectivity index is 0.000000396. The molecule has 1 aromatic carbocycles. The van der Waals surface area contributed by atoms with Crippen molar-refractivity contribution in [2.24, 2.45) is 0 Å². The summed E-state index contributed by atoms with van der Waals surface area (Å²) in [5, 5.41) is 2.79. The van der Waals surface area contributed by atoms with Crippen molar-refractivity contribution in [3.63, 3.8) is 0 Å². The Morgan fingerprint density at radius 1 is 1.38 bits per heavy atom. The third-order valence-corrected chi connectivity index (χ3v) is 2.08. The summed E-state index contributed by atoms with van der Waals surface area (Å²) in [4.78, 5) is 11.1. The number of rotatable bonds is 0. The molecule has 1 N–H and O–H groups in total. The topological polar surface area (TPSA) is 29.1 Å². The minimum atomic E-state index is 0.0590. The van der Waals surface area contributed by atoms with Gasteiger partial charge in [0.1, 0.15) is 0 Å². The van der Waals surface area contributed by atoms with Gasteiger partial charge in [0, 0.05) is 12.1 Å². The highest BCUT2D eigenvalue weighted by Gasteiger charge is 2.18. The molecule has 0 saturated heterocycles. The first-order valence-corrected chi connectivity index (χ1v) is 4.16.